The van der Waals surface area contributed by atoms with E-state index in [0.29, 0.717) is 18.5 Å². The van der Waals surface area contributed by atoms with Crippen LogP contribution in [-0.2, 0) is 13.0 Å². The van der Waals surface area contributed by atoms with Crippen LogP contribution >= 0.6 is 0 Å². The molecule has 0 radical (unpaired) electrons. The van der Waals surface area contributed by atoms with Crippen molar-refractivity contribution in [2.24, 2.45) is 0 Å². The number of aryl methyl sites for hydroxylation is 1. The summed E-state index contributed by atoms with van der Waals surface area (Å²) >= 11 is 0. The fraction of sp³-hybridized carbons (Fsp3) is 0.500. The number of nitrogens with zero attached hydrogens (tertiary/aromatic N) is 4. The third-order valence-electron chi connectivity index (χ3n) is 2.91. The summed E-state index contributed by atoms with van der Waals surface area (Å²) in [5.74, 6) is 0.610. The fourth-order valence-corrected chi connectivity index (χ4v) is 1.93. The zero-order chi connectivity index (χ0) is 14.5. The van der Waals surface area contributed by atoms with Crippen LogP contribution in [0.2, 0.25) is 0 Å². The second-order valence-electron chi connectivity index (χ2n) is 5.26. The summed E-state index contributed by atoms with van der Waals surface area (Å²) in [5, 5.41) is 11.2. The SMILES string of the molecule is Cc1cccnc1CC(C)Nc1nnc(CN(C)C)o1. The van der Waals surface area contributed by atoms with Crippen molar-refractivity contribution >= 4 is 6.01 Å². The second kappa shape index (κ2) is 6.47. The number of hydrogen-bond donors (Lipinski definition) is 1. The number of hydrogen-bond acceptors (Lipinski definition) is 6. The van der Waals surface area contributed by atoms with Gasteiger partial charge in [0.2, 0.25) is 5.89 Å². The predicted octanol–water partition coefficient (Wildman–Crippen LogP) is 1.88. The molecule has 0 fully saturated rings. The van der Waals surface area contributed by atoms with Crippen LogP contribution in [0.3, 0.4) is 0 Å². The molecule has 2 heterocycles. The molecule has 2 rings (SSSR count). The molecule has 0 aliphatic heterocycles. The lowest BCUT2D eigenvalue weighted by Gasteiger charge is -2.12. The Labute approximate surface area is 119 Å². The molecular formula is C14H21N5O. The maximum atomic E-state index is 5.54. The Morgan fingerprint density at radius 1 is 1.35 bits per heavy atom. The molecule has 0 saturated heterocycles. The van der Waals surface area contributed by atoms with Gasteiger partial charge in [0.25, 0.3) is 0 Å². The zero-order valence-electron chi connectivity index (χ0n) is 12.4. The van der Waals surface area contributed by atoms with E-state index in [0.717, 1.165) is 12.1 Å². The van der Waals surface area contributed by atoms with Crippen LogP contribution in [0.4, 0.5) is 6.01 Å². The minimum absolute atomic E-state index is 0.177. The lowest BCUT2D eigenvalue weighted by molar-refractivity contribution is 0.344. The van der Waals surface area contributed by atoms with Crippen molar-refractivity contribution in [2.45, 2.75) is 32.9 Å². The van der Waals surface area contributed by atoms with Crippen LogP contribution in [0, 0.1) is 6.92 Å². The van der Waals surface area contributed by atoms with Crippen molar-refractivity contribution in [3.05, 3.63) is 35.5 Å². The number of nitrogens with one attached hydrogen (secondary N) is 1. The normalized spacial score (nSPS) is 12.7. The molecule has 0 bridgehead atoms. The summed E-state index contributed by atoms with van der Waals surface area (Å²) in [6, 6.07) is 4.65. The van der Waals surface area contributed by atoms with Gasteiger partial charge in [-0.05, 0) is 39.6 Å². The van der Waals surface area contributed by atoms with Gasteiger partial charge in [-0.25, -0.2) is 0 Å². The van der Waals surface area contributed by atoms with Crippen LogP contribution < -0.4 is 5.32 Å². The molecule has 0 aliphatic carbocycles. The first-order chi connectivity index (χ1) is 9.54. The van der Waals surface area contributed by atoms with Crippen molar-refractivity contribution in [1.29, 1.82) is 0 Å². The van der Waals surface area contributed by atoms with Gasteiger partial charge < -0.3 is 14.6 Å². The topological polar surface area (TPSA) is 67.1 Å². The minimum atomic E-state index is 0.177. The summed E-state index contributed by atoms with van der Waals surface area (Å²) in [4.78, 5) is 6.38. The molecule has 0 aliphatic rings. The quantitative estimate of drug-likeness (QED) is 0.868. The maximum Gasteiger partial charge on any atom is 0.315 e. The highest BCUT2D eigenvalue weighted by molar-refractivity contribution is 5.23. The summed E-state index contributed by atoms with van der Waals surface area (Å²) in [5.41, 5.74) is 2.28. The summed E-state index contributed by atoms with van der Waals surface area (Å²) in [7, 11) is 3.92. The molecule has 1 atom stereocenters. The Balaban J connectivity index is 1.93. The van der Waals surface area contributed by atoms with Gasteiger partial charge in [-0.1, -0.05) is 11.2 Å². The smallest absolute Gasteiger partial charge is 0.315 e. The molecule has 1 N–H and O–H groups in total. The van der Waals surface area contributed by atoms with Crippen LogP contribution in [0.5, 0.6) is 0 Å². The fourth-order valence-electron chi connectivity index (χ4n) is 1.93. The molecule has 0 saturated carbocycles. The molecule has 2 aromatic rings. The van der Waals surface area contributed by atoms with E-state index in [-0.39, 0.29) is 6.04 Å². The number of pyridine rings is 1. The first-order valence-corrected chi connectivity index (χ1v) is 6.68. The number of rotatable bonds is 6. The van der Waals surface area contributed by atoms with Gasteiger partial charge in [-0.3, -0.25) is 4.98 Å². The van der Waals surface area contributed by atoms with E-state index < -0.39 is 0 Å². The lowest BCUT2D eigenvalue weighted by atomic mass is 10.1. The Bertz CT molecular complexity index is 552. The van der Waals surface area contributed by atoms with Gasteiger partial charge >= 0.3 is 6.01 Å². The summed E-state index contributed by atoms with van der Waals surface area (Å²) in [6.45, 7) is 4.78. The summed E-state index contributed by atoms with van der Waals surface area (Å²) in [6.07, 6.45) is 2.63. The molecule has 0 spiro atoms. The van der Waals surface area contributed by atoms with Gasteiger partial charge in [0.15, 0.2) is 0 Å². The highest BCUT2D eigenvalue weighted by Gasteiger charge is 2.11. The zero-order valence-corrected chi connectivity index (χ0v) is 12.4. The molecule has 0 amide bonds. The Hall–Kier alpha value is -1.95. The molecule has 2 aromatic heterocycles. The molecule has 1 unspecified atom stereocenters. The standard InChI is InChI=1S/C14H21N5O/c1-10-6-5-7-15-12(10)8-11(2)16-14-18-17-13(20-14)9-19(3)4/h5-7,11H,8-9H2,1-4H3,(H,16,18). The highest BCUT2D eigenvalue weighted by Crippen LogP contribution is 2.12. The lowest BCUT2D eigenvalue weighted by Crippen LogP contribution is -2.19. The van der Waals surface area contributed by atoms with Crippen molar-refractivity contribution < 1.29 is 4.42 Å². The van der Waals surface area contributed by atoms with Gasteiger partial charge in [-0.2, -0.15) is 0 Å². The van der Waals surface area contributed by atoms with Crippen molar-refractivity contribution in [2.75, 3.05) is 19.4 Å². The van der Waals surface area contributed by atoms with Gasteiger partial charge in [0.1, 0.15) is 0 Å². The van der Waals surface area contributed by atoms with Gasteiger partial charge in [0, 0.05) is 24.4 Å². The van der Waals surface area contributed by atoms with Crippen molar-refractivity contribution in [3.8, 4) is 0 Å². The van der Waals surface area contributed by atoms with E-state index in [1.807, 2.05) is 31.3 Å². The van der Waals surface area contributed by atoms with Crippen molar-refractivity contribution in [3.63, 3.8) is 0 Å². The third-order valence-corrected chi connectivity index (χ3v) is 2.91. The number of aromatic nitrogens is 3. The molecular weight excluding hydrogens is 254 g/mol. The second-order valence-corrected chi connectivity index (χ2v) is 5.26. The largest absolute Gasteiger partial charge is 0.407 e. The average Bonchev–Trinajstić information content (AvgIpc) is 2.78. The predicted molar refractivity (Wildman–Crippen MR) is 77.5 cm³/mol. The Morgan fingerprint density at radius 3 is 2.85 bits per heavy atom. The van der Waals surface area contributed by atoms with Crippen LogP contribution in [-0.4, -0.2) is 40.2 Å². The van der Waals surface area contributed by atoms with E-state index >= 15 is 0 Å². The summed E-state index contributed by atoms with van der Waals surface area (Å²) < 4.78 is 5.54. The maximum absolute atomic E-state index is 5.54. The van der Waals surface area contributed by atoms with E-state index in [1.54, 1.807) is 0 Å². The third kappa shape index (κ3) is 4.03. The van der Waals surface area contributed by atoms with E-state index in [4.69, 9.17) is 4.42 Å². The molecule has 0 aromatic carbocycles. The van der Waals surface area contributed by atoms with Crippen LogP contribution in [0.1, 0.15) is 24.1 Å². The Kier molecular flexibility index (Phi) is 4.68. The van der Waals surface area contributed by atoms with Crippen molar-refractivity contribution in [1.82, 2.24) is 20.1 Å². The van der Waals surface area contributed by atoms with E-state index in [1.165, 1.54) is 5.56 Å². The average molecular weight is 275 g/mol. The number of anilines is 1. The first-order valence-electron chi connectivity index (χ1n) is 6.68. The molecule has 108 valence electrons. The molecule has 6 heteroatoms. The van der Waals surface area contributed by atoms with E-state index in [2.05, 4.69) is 40.4 Å². The molecule has 6 nitrogen and oxygen atoms in total. The van der Waals surface area contributed by atoms with Crippen LogP contribution in [0.15, 0.2) is 22.7 Å². The Morgan fingerprint density at radius 2 is 2.15 bits per heavy atom. The van der Waals surface area contributed by atoms with Gasteiger partial charge in [0.05, 0.1) is 6.54 Å². The first kappa shape index (κ1) is 14.5. The van der Waals surface area contributed by atoms with E-state index in [9.17, 15) is 0 Å². The monoisotopic (exact) mass is 275 g/mol. The highest BCUT2D eigenvalue weighted by atomic mass is 16.4. The minimum Gasteiger partial charge on any atom is -0.407 e. The molecule has 20 heavy (non-hydrogen) atoms. The van der Waals surface area contributed by atoms with Gasteiger partial charge in [-0.15, -0.1) is 5.10 Å². The van der Waals surface area contributed by atoms with Crippen LogP contribution in [0.25, 0.3) is 0 Å².